The first-order valence-electron chi connectivity index (χ1n) is 11.8. The number of piperidine rings is 1. The Morgan fingerprint density at radius 2 is 2.00 bits per heavy atom. The van der Waals surface area contributed by atoms with Gasteiger partial charge >= 0.3 is 0 Å². The predicted molar refractivity (Wildman–Crippen MR) is 133 cm³/mol. The molecule has 1 fully saturated rings. The highest BCUT2D eigenvalue weighted by atomic mass is 32.1. The van der Waals surface area contributed by atoms with Gasteiger partial charge in [0.05, 0.1) is 24.2 Å². The van der Waals surface area contributed by atoms with Crippen molar-refractivity contribution in [3.63, 3.8) is 0 Å². The largest absolute Gasteiger partial charge is 0.497 e. The summed E-state index contributed by atoms with van der Waals surface area (Å²) in [6, 6.07) is 8.21. The van der Waals surface area contributed by atoms with Gasteiger partial charge in [-0.15, -0.1) is 11.3 Å². The average molecular weight is 472 g/mol. The van der Waals surface area contributed by atoms with Crippen LogP contribution in [0, 0.1) is 18.8 Å². The lowest BCUT2D eigenvalue weighted by Crippen LogP contribution is -2.48. The van der Waals surface area contributed by atoms with E-state index >= 15 is 0 Å². The molecule has 1 saturated heterocycles. The maximum atomic E-state index is 13.0. The molecular weight excluding hydrogens is 434 g/mol. The second-order valence-electron chi connectivity index (χ2n) is 9.48. The molecule has 1 aromatic heterocycles. The lowest BCUT2D eigenvalue weighted by Gasteiger charge is -2.40. The first-order valence-corrected chi connectivity index (χ1v) is 12.7. The number of rotatable bonds is 9. The summed E-state index contributed by atoms with van der Waals surface area (Å²) in [5.41, 5.74) is 2.03. The van der Waals surface area contributed by atoms with Crippen LogP contribution in [0.4, 0.5) is 0 Å². The van der Waals surface area contributed by atoms with E-state index in [9.17, 15) is 9.59 Å². The zero-order valence-electron chi connectivity index (χ0n) is 20.5. The van der Waals surface area contributed by atoms with Crippen molar-refractivity contribution < 1.29 is 14.3 Å². The lowest BCUT2D eigenvalue weighted by molar-refractivity contribution is -0.136. The molecule has 1 atom stereocenters. The fourth-order valence-electron chi connectivity index (χ4n) is 4.63. The minimum absolute atomic E-state index is 0.0989. The van der Waals surface area contributed by atoms with Crippen molar-refractivity contribution in [3.05, 3.63) is 45.9 Å². The van der Waals surface area contributed by atoms with Gasteiger partial charge in [0.15, 0.2) is 0 Å². The molecule has 6 nitrogen and oxygen atoms in total. The highest BCUT2D eigenvalue weighted by Crippen LogP contribution is 2.28. The Bertz CT molecular complexity index is 934. The number of aromatic nitrogens is 1. The van der Waals surface area contributed by atoms with Gasteiger partial charge in [-0.25, -0.2) is 4.98 Å². The van der Waals surface area contributed by atoms with Crippen LogP contribution in [0.2, 0.25) is 0 Å². The molecule has 0 bridgehead atoms. The topological polar surface area (TPSA) is 62.7 Å². The van der Waals surface area contributed by atoms with E-state index in [2.05, 4.69) is 31.0 Å². The van der Waals surface area contributed by atoms with Gasteiger partial charge in [0.25, 0.3) is 0 Å². The number of likely N-dealkylation sites (N-methyl/N-ethyl adjacent to an activating group) is 1. The zero-order chi connectivity index (χ0) is 24.0. The predicted octanol–water partition coefficient (Wildman–Crippen LogP) is 4.36. The molecule has 1 aliphatic heterocycles. The van der Waals surface area contributed by atoms with E-state index in [-0.39, 0.29) is 17.9 Å². The molecule has 0 spiro atoms. The number of methoxy groups -OCH3 is 1. The summed E-state index contributed by atoms with van der Waals surface area (Å²) in [5, 5.41) is 2.96. The fraction of sp³-hybridized carbons (Fsp3) is 0.577. The number of carbonyl (C=O) groups is 2. The van der Waals surface area contributed by atoms with Crippen LogP contribution >= 0.6 is 11.3 Å². The first-order chi connectivity index (χ1) is 15.8. The molecule has 1 aromatic carbocycles. The Morgan fingerprint density at radius 3 is 2.61 bits per heavy atom. The summed E-state index contributed by atoms with van der Waals surface area (Å²) in [6.07, 6.45) is 3.50. The van der Waals surface area contributed by atoms with E-state index in [0.717, 1.165) is 48.8 Å². The molecule has 1 aliphatic rings. The summed E-state index contributed by atoms with van der Waals surface area (Å²) in [6.45, 7) is 7.58. The quantitative estimate of drug-likeness (QED) is 0.545. The Kier molecular flexibility index (Phi) is 8.89. The SMILES string of the molecule is COc1cccc(C[C@H](C2CCN(C(=O)Cc3csc(C)n3)CC2)N(C)C(=O)CC(C)C)c1. The number of hydrogen-bond donors (Lipinski definition) is 0. The smallest absolute Gasteiger partial charge is 0.228 e. The van der Waals surface area contributed by atoms with Gasteiger partial charge < -0.3 is 14.5 Å². The monoisotopic (exact) mass is 471 g/mol. The summed E-state index contributed by atoms with van der Waals surface area (Å²) >= 11 is 1.58. The number of amides is 2. The molecule has 2 aromatic rings. The van der Waals surface area contributed by atoms with Crippen molar-refractivity contribution in [2.75, 3.05) is 27.2 Å². The van der Waals surface area contributed by atoms with Crippen molar-refractivity contribution in [2.24, 2.45) is 11.8 Å². The third kappa shape index (κ3) is 7.03. The average Bonchev–Trinajstić information content (AvgIpc) is 3.21. The number of hydrogen-bond acceptors (Lipinski definition) is 5. The summed E-state index contributed by atoms with van der Waals surface area (Å²) in [7, 11) is 3.62. The maximum absolute atomic E-state index is 13.0. The van der Waals surface area contributed by atoms with Crippen LogP contribution in [0.25, 0.3) is 0 Å². The Hall–Kier alpha value is -2.41. The van der Waals surface area contributed by atoms with Gasteiger partial charge in [-0.3, -0.25) is 9.59 Å². The van der Waals surface area contributed by atoms with Crippen LogP contribution in [-0.4, -0.2) is 59.9 Å². The number of carbonyl (C=O) groups excluding carboxylic acids is 2. The van der Waals surface area contributed by atoms with Crippen molar-refractivity contribution in [3.8, 4) is 5.75 Å². The molecule has 0 saturated carbocycles. The molecule has 180 valence electrons. The normalized spacial score (nSPS) is 15.5. The number of likely N-dealkylation sites (tertiary alicyclic amines) is 1. The van der Waals surface area contributed by atoms with E-state index in [1.54, 1.807) is 18.4 Å². The standard InChI is InChI=1S/C26H37N3O3S/c1-18(2)13-25(30)28(4)24(15-20-7-6-8-23(14-20)32-5)21-9-11-29(12-10-21)26(31)16-22-17-33-19(3)27-22/h6-8,14,17-18,21,24H,9-13,15-16H2,1-5H3/t24-/m1/s1. The minimum Gasteiger partial charge on any atom is -0.497 e. The van der Waals surface area contributed by atoms with E-state index in [1.807, 2.05) is 41.3 Å². The molecule has 7 heteroatoms. The maximum Gasteiger partial charge on any atom is 0.228 e. The zero-order valence-corrected chi connectivity index (χ0v) is 21.4. The highest BCUT2D eigenvalue weighted by Gasteiger charge is 2.33. The molecule has 0 unspecified atom stereocenters. The number of benzene rings is 1. The molecule has 3 rings (SSSR count). The van der Waals surface area contributed by atoms with Crippen LogP contribution < -0.4 is 4.74 Å². The highest BCUT2D eigenvalue weighted by molar-refractivity contribution is 7.09. The van der Waals surface area contributed by atoms with Crippen LogP contribution in [0.5, 0.6) is 5.75 Å². The lowest BCUT2D eigenvalue weighted by atomic mass is 9.84. The van der Waals surface area contributed by atoms with Crippen LogP contribution in [0.3, 0.4) is 0 Å². The fourth-order valence-corrected chi connectivity index (χ4v) is 5.24. The minimum atomic E-state index is 0.0989. The van der Waals surface area contributed by atoms with Gasteiger partial charge in [-0.2, -0.15) is 0 Å². The molecular formula is C26H37N3O3S. The van der Waals surface area contributed by atoms with Crippen LogP contribution in [-0.2, 0) is 22.4 Å². The van der Waals surface area contributed by atoms with E-state index in [4.69, 9.17) is 4.74 Å². The summed E-state index contributed by atoms with van der Waals surface area (Å²) in [4.78, 5) is 34.1. The molecule has 2 heterocycles. The van der Waals surface area contributed by atoms with Crippen molar-refractivity contribution >= 4 is 23.2 Å². The van der Waals surface area contributed by atoms with Gasteiger partial charge in [0.2, 0.25) is 11.8 Å². The van der Waals surface area contributed by atoms with E-state index in [1.165, 1.54) is 5.56 Å². The summed E-state index contributed by atoms with van der Waals surface area (Å²) < 4.78 is 5.40. The number of ether oxygens (including phenoxy) is 1. The second-order valence-corrected chi connectivity index (χ2v) is 10.5. The number of aryl methyl sites for hydroxylation is 1. The molecule has 0 aliphatic carbocycles. The Labute approximate surface area is 202 Å². The van der Waals surface area contributed by atoms with E-state index < -0.39 is 0 Å². The Morgan fingerprint density at radius 1 is 1.27 bits per heavy atom. The molecule has 0 radical (unpaired) electrons. The molecule has 2 amide bonds. The van der Waals surface area contributed by atoms with Gasteiger partial charge in [-0.1, -0.05) is 26.0 Å². The number of thiazole rings is 1. The van der Waals surface area contributed by atoms with Crippen LogP contribution in [0.15, 0.2) is 29.6 Å². The second kappa shape index (κ2) is 11.6. The van der Waals surface area contributed by atoms with Crippen molar-refractivity contribution in [1.29, 1.82) is 0 Å². The van der Waals surface area contributed by atoms with E-state index in [0.29, 0.717) is 24.7 Å². The van der Waals surface area contributed by atoms with Gasteiger partial charge in [-0.05, 0) is 55.7 Å². The van der Waals surface area contributed by atoms with Gasteiger partial charge in [0.1, 0.15) is 5.75 Å². The molecule has 33 heavy (non-hydrogen) atoms. The Balaban J connectivity index is 1.68. The third-order valence-electron chi connectivity index (χ3n) is 6.49. The van der Waals surface area contributed by atoms with Gasteiger partial charge in [0, 0.05) is 38.0 Å². The van der Waals surface area contributed by atoms with Crippen LogP contribution in [0.1, 0.15) is 49.4 Å². The van der Waals surface area contributed by atoms with Crippen molar-refractivity contribution in [1.82, 2.24) is 14.8 Å². The first kappa shape index (κ1) is 25.2. The van der Waals surface area contributed by atoms with Crippen molar-refractivity contribution in [2.45, 2.75) is 58.9 Å². The summed E-state index contributed by atoms with van der Waals surface area (Å²) in [5.74, 6) is 1.84. The molecule has 0 N–H and O–H groups in total. The third-order valence-corrected chi connectivity index (χ3v) is 7.31. The number of nitrogens with zero attached hydrogens (tertiary/aromatic N) is 3.